The molecule has 0 radical (unpaired) electrons. The van der Waals surface area contributed by atoms with Gasteiger partial charge in [0.1, 0.15) is 5.65 Å². The highest BCUT2D eigenvalue weighted by Crippen LogP contribution is 2.39. The molecule has 0 bridgehead atoms. The third-order valence-electron chi connectivity index (χ3n) is 5.90. The Kier molecular flexibility index (Phi) is 3.38. The number of para-hydroxylation sites is 1. The molecule has 3 aliphatic heterocycles. The fraction of sp³-hybridized carbons (Fsp3) is 0.130. The first-order chi connectivity index (χ1) is 14.6. The van der Waals surface area contributed by atoms with E-state index in [2.05, 4.69) is 33.2 Å². The summed E-state index contributed by atoms with van der Waals surface area (Å²) >= 11 is 0. The Morgan fingerprint density at radius 1 is 1.07 bits per heavy atom. The predicted octanol–water partition coefficient (Wildman–Crippen LogP) is 2.47. The Bertz CT molecular complexity index is 1360. The fourth-order valence-electron chi connectivity index (χ4n) is 4.60. The molecule has 0 aliphatic carbocycles. The monoisotopic (exact) mass is 395 g/mol. The van der Waals surface area contributed by atoms with Crippen LogP contribution in [0.25, 0.3) is 11.2 Å². The lowest BCUT2D eigenvalue weighted by Gasteiger charge is -2.21. The molecule has 1 aromatic carbocycles. The number of aliphatic imine (C=N–C) groups is 1. The molecule has 1 atom stereocenters. The van der Waals surface area contributed by atoms with Crippen LogP contribution in [0.1, 0.15) is 23.7 Å². The van der Waals surface area contributed by atoms with Crippen LogP contribution in [-0.4, -0.2) is 33.0 Å². The lowest BCUT2D eigenvalue weighted by atomic mass is 9.94. The van der Waals surface area contributed by atoms with E-state index in [1.54, 1.807) is 12.4 Å². The van der Waals surface area contributed by atoms with Gasteiger partial charge in [-0.3, -0.25) is 24.3 Å². The van der Waals surface area contributed by atoms with E-state index in [0.29, 0.717) is 28.7 Å². The first-order valence-electron chi connectivity index (χ1n) is 9.81. The summed E-state index contributed by atoms with van der Waals surface area (Å²) in [7, 11) is 0. The Labute approximate surface area is 172 Å². The molecule has 1 N–H and O–H groups in total. The maximum absolute atomic E-state index is 13.0. The number of pyridine rings is 1. The number of hydrogen-bond donors (Lipinski definition) is 1. The number of rotatable bonds is 2. The number of aromatic nitrogens is 2. The van der Waals surface area contributed by atoms with Crippen LogP contribution in [0.15, 0.2) is 71.8 Å². The maximum atomic E-state index is 13.0. The minimum atomic E-state index is -0.440. The van der Waals surface area contributed by atoms with E-state index in [1.807, 2.05) is 47.1 Å². The topological polar surface area (TPSA) is 79.1 Å². The van der Waals surface area contributed by atoms with Crippen molar-refractivity contribution in [1.29, 1.82) is 0 Å². The van der Waals surface area contributed by atoms with Gasteiger partial charge in [-0.25, -0.2) is 4.98 Å². The SMILES string of the molecule is CC1Cc2cccc3c2N1C=CN=C3C1=C(c2cnc3ccccn23)C(=O)NC1=O. The van der Waals surface area contributed by atoms with Gasteiger partial charge in [-0.05, 0) is 31.0 Å². The van der Waals surface area contributed by atoms with E-state index in [9.17, 15) is 9.59 Å². The van der Waals surface area contributed by atoms with Crippen molar-refractivity contribution in [1.82, 2.24) is 14.7 Å². The Hall–Kier alpha value is -4.00. The van der Waals surface area contributed by atoms with Gasteiger partial charge in [0.2, 0.25) is 0 Å². The van der Waals surface area contributed by atoms with Gasteiger partial charge in [-0.2, -0.15) is 0 Å². The first-order valence-corrected chi connectivity index (χ1v) is 9.81. The number of carbonyl (C=O) groups excluding carboxylic acids is 2. The van der Waals surface area contributed by atoms with Crippen LogP contribution in [0, 0.1) is 0 Å². The van der Waals surface area contributed by atoms with Crippen molar-refractivity contribution in [2.75, 3.05) is 4.90 Å². The van der Waals surface area contributed by atoms with Crippen molar-refractivity contribution >= 4 is 34.4 Å². The number of anilines is 1. The summed E-state index contributed by atoms with van der Waals surface area (Å²) in [4.78, 5) is 37.0. The Morgan fingerprint density at radius 3 is 2.83 bits per heavy atom. The Balaban J connectivity index is 1.63. The van der Waals surface area contributed by atoms with E-state index < -0.39 is 11.8 Å². The van der Waals surface area contributed by atoms with Crippen LogP contribution in [0.3, 0.4) is 0 Å². The summed E-state index contributed by atoms with van der Waals surface area (Å²) in [5.74, 6) is -0.875. The molecular formula is C23H17N5O2. The minimum absolute atomic E-state index is 0.283. The first kappa shape index (κ1) is 16.9. The number of imide groups is 1. The van der Waals surface area contributed by atoms with E-state index in [0.717, 1.165) is 17.7 Å². The molecule has 0 spiro atoms. The average Bonchev–Trinajstić information content (AvgIpc) is 3.33. The van der Waals surface area contributed by atoms with Crippen molar-refractivity contribution in [2.24, 2.45) is 4.99 Å². The highest BCUT2D eigenvalue weighted by Gasteiger charge is 2.39. The number of nitrogens with zero attached hydrogens (tertiary/aromatic N) is 4. The quantitative estimate of drug-likeness (QED) is 0.676. The number of carbonyl (C=O) groups is 2. The highest BCUT2D eigenvalue weighted by molar-refractivity contribution is 6.47. The van der Waals surface area contributed by atoms with Crippen molar-refractivity contribution in [3.63, 3.8) is 0 Å². The van der Waals surface area contributed by atoms with Crippen LogP contribution in [0.2, 0.25) is 0 Å². The number of imidazole rings is 1. The van der Waals surface area contributed by atoms with Gasteiger partial charge in [-0.1, -0.05) is 24.3 Å². The van der Waals surface area contributed by atoms with Crippen molar-refractivity contribution in [3.05, 3.63) is 83.6 Å². The van der Waals surface area contributed by atoms with Gasteiger partial charge in [0.15, 0.2) is 0 Å². The van der Waals surface area contributed by atoms with E-state index in [1.165, 1.54) is 5.56 Å². The number of fused-ring (bicyclic) bond motifs is 1. The van der Waals surface area contributed by atoms with Crippen LogP contribution in [0.4, 0.5) is 5.69 Å². The van der Waals surface area contributed by atoms with Gasteiger partial charge in [0.25, 0.3) is 11.8 Å². The maximum Gasteiger partial charge on any atom is 0.261 e. The molecule has 3 aliphatic rings. The predicted molar refractivity (Wildman–Crippen MR) is 113 cm³/mol. The number of nitrogens with one attached hydrogen (secondary N) is 1. The minimum Gasteiger partial charge on any atom is -0.343 e. The largest absolute Gasteiger partial charge is 0.343 e. The number of amides is 2. The summed E-state index contributed by atoms with van der Waals surface area (Å²) in [5, 5.41) is 2.46. The second-order valence-electron chi connectivity index (χ2n) is 7.66. The summed E-state index contributed by atoms with van der Waals surface area (Å²) in [5.41, 5.74) is 5.47. The van der Waals surface area contributed by atoms with Crippen LogP contribution < -0.4 is 10.2 Å². The second-order valence-corrected chi connectivity index (χ2v) is 7.66. The smallest absolute Gasteiger partial charge is 0.261 e. The zero-order valence-electron chi connectivity index (χ0n) is 16.2. The molecule has 3 aromatic rings. The zero-order chi connectivity index (χ0) is 20.4. The van der Waals surface area contributed by atoms with Gasteiger partial charge < -0.3 is 4.90 Å². The lowest BCUT2D eigenvalue weighted by Crippen LogP contribution is -2.26. The van der Waals surface area contributed by atoms with Crippen LogP contribution in [-0.2, 0) is 16.0 Å². The molecule has 7 nitrogen and oxygen atoms in total. The molecular weight excluding hydrogens is 378 g/mol. The third-order valence-corrected chi connectivity index (χ3v) is 5.90. The zero-order valence-corrected chi connectivity index (χ0v) is 16.2. The van der Waals surface area contributed by atoms with Crippen LogP contribution >= 0.6 is 0 Å². The highest BCUT2D eigenvalue weighted by atomic mass is 16.2. The van der Waals surface area contributed by atoms with Gasteiger partial charge in [0.05, 0.1) is 34.4 Å². The van der Waals surface area contributed by atoms with Crippen molar-refractivity contribution in [3.8, 4) is 0 Å². The standard InChI is InChI=1S/C23H17N5O2/c1-13-11-14-5-4-6-15-20(24-8-10-27(13)21(14)15)19-18(22(29)26-23(19)30)16-12-25-17-7-2-3-9-28(16)17/h2-10,12-13H,11H2,1H3,(H,26,29,30). The lowest BCUT2D eigenvalue weighted by molar-refractivity contribution is -0.123. The molecule has 146 valence electrons. The molecule has 7 heteroatoms. The molecule has 1 unspecified atom stereocenters. The molecule has 2 amide bonds. The Morgan fingerprint density at radius 2 is 1.93 bits per heavy atom. The van der Waals surface area contributed by atoms with E-state index >= 15 is 0 Å². The van der Waals surface area contributed by atoms with E-state index in [4.69, 9.17) is 0 Å². The summed E-state index contributed by atoms with van der Waals surface area (Å²) < 4.78 is 1.81. The summed E-state index contributed by atoms with van der Waals surface area (Å²) in [6.45, 7) is 2.16. The molecule has 0 fully saturated rings. The van der Waals surface area contributed by atoms with Crippen molar-refractivity contribution < 1.29 is 9.59 Å². The average molecular weight is 395 g/mol. The van der Waals surface area contributed by atoms with E-state index in [-0.39, 0.29) is 5.57 Å². The normalized spacial score (nSPS) is 20.0. The second kappa shape index (κ2) is 6.00. The number of benzene rings is 1. The molecule has 0 saturated heterocycles. The summed E-state index contributed by atoms with van der Waals surface area (Å²) in [6, 6.07) is 11.9. The van der Waals surface area contributed by atoms with Gasteiger partial charge >= 0.3 is 0 Å². The molecule has 0 saturated carbocycles. The van der Waals surface area contributed by atoms with Gasteiger partial charge in [0, 0.05) is 30.2 Å². The molecule has 30 heavy (non-hydrogen) atoms. The summed E-state index contributed by atoms with van der Waals surface area (Å²) in [6.07, 6.45) is 8.02. The molecule has 2 aromatic heterocycles. The van der Waals surface area contributed by atoms with Crippen LogP contribution in [0.5, 0.6) is 0 Å². The van der Waals surface area contributed by atoms with Gasteiger partial charge in [-0.15, -0.1) is 0 Å². The molecule has 5 heterocycles. The van der Waals surface area contributed by atoms with Crippen molar-refractivity contribution in [2.45, 2.75) is 19.4 Å². The fourth-order valence-corrected chi connectivity index (χ4v) is 4.60. The number of hydrogen-bond acceptors (Lipinski definition) is 5. The third kappa shape index (κ3) is 2.20. The molecule has 6 rings (SSSR count).